The molecule has 0 fully saturated rings. The summed E-state index contributed by atoms with van der Waals surface area (Å²) in [5, 5.41) is 2.47. The summed E-state index contributed by atoms with van der Waals surface area (Å²) < 4.78 is 56.7. The van der Waals surface area contributed by atoms with Crippen LogP contribution in [0, 0.1) is 23.3 Å². The minimum Gasteiger partial charge on any atom is -0.355 e. The molecule has 1 amide bonds. The molecule has 0 saturated heterocycles. The molecule has 4 nitrogen and oxygen atoms in total. The van der Waals surface area contributed by atoms with Crippen LogP contribution in [0.1, 0.15) is 51.5 Å². The first kappa shape index (κ1) is 28.0. The van der Waals surface area contributed by atoms with E-state index in [1.807, 2.05) is 6.08 Å². The van der Waals surface area contributed by atoms with E-state index in [4.69, 9.17) is 0 Å². The summed E-state index contributed by atoms with van der Waals surface area (Å²) in [7, 11) is 1.44. The largest absolute Gasteiger partial charge is 0.355 e. The van der Waals surface area contributed by atoms with Crippen LogP contribution in [-0.2, 0) is 17.6 Å². The molecule has 3 aromatic carbocycles. The van der Waals surface area contributed by atoms with Gasteiger partial charge in [-0.25, -0.2) is 17.6 Å². The summed E-state index contributed by atoms with van der Waals surface area (Å²) in [5.41, 5.74) is 4.07. The lowest BCUT2D eigenvalue weighted by atomic mass is 9.85. The molecule has 41 heavy (non-hydrogen) atoms. The van der Waals surface area contributed by atoms with Crippen LogP contribution in [-0.4, -0.2) is 23.7 Å². The molecule has 0 bridgehead atoms. The van der Waals surface area contributed by atoms with Crippen LogP contribution in [0.15, 0.2) is 79.0 Å². The SMILES string of the molecule is CNC(=O)c1cc(F)cc(-c2cccnc2[C@@H](CC(=O)CC2=CCc3ccc(F)cc32)Cc2cc(F)cc(F)c2)c1. The number of aromatic nitrogens is 1. The first-order valence-corrected chi connectivity index (χ1v) is 13.1. The van der Waals surface area contributed by atoms with E-state index in [0.29, 0.717) is 34.4 Å². The molecule has 1 aliphatic carbocycles. The van der Waals surface area contributed by atoms with Crippen LogP contribution in [0.3, 0.4) is 0 Å². The molecule has 1 heterocycles. The number of amides is 1. The Labute approximate surface area is 234 Å². The van der Waals surface area contributed by atoms with Crippen LogP contribution in [0.4, 0.5) is 17.6 Å². The molecule has 5 rings (SSSR count). The molecule has 1 aromatic heterocycles. The van der Waals surface area contributed by atoms with Gasteiger partial charge >= 0.3 is 0 Å². The normalized spacial score (nSPS) is 13.0. The molecule has 0 spiro atoms. The van der Waals surface area contributed by atoms with Crippen molar-refractivity contribution in [1.29, 1.82) is 0 Å². The second-order valence-corrected chi connectivity index (χ2v) is 10.1. The Morgan fingerprint density at radius 1 is 0.878 bits per heavy atom. The van der Waals surface area contributed by atoms with Crippen molar-refractivity contribution in [2.45, 2.75) is 31.6 Å². The summed E-state index contributed by atoms with van der Waals surface area (Å²) in [4.78, 5) is 30.2. The van der Waals surface area contributed by atoms with Crippen molar-refractivity contribution in [2.24, 2.45) is 0 Å². The van der Waals surface area contributed by atoms with Gasteiger partial charge < -0.3 is 5.32 Å². The van der Waals surface area contributed by atoms with Gasteiger partial charge in [0.15, 0.2) is 0 Å². The van der Waals surface area contributed by atoms with Crippen molar-refractivity contribution in [3.63, 3.8) is 0 Å². The van der Waals surface area contributed by atoms with Gasteiger partial charge in [0, 0.05) is 49.2 Å². The van der Waals surface area contributed by atoms with Crippen molar-refractivity contribution in [3.8, 4) is 11.1 Å². The Morgan fingerprint density at radius 2 is 1.63 bits per heavy atom. The maximum atomic E-state index is 14.6. The van der Waals surface area contributed by atoms with E-state index in [9.17, 15) is 27.2 Å². The molecule has 0 unspecified atom stereocenters. The number of nitrogens with one attached hydrogen (secondary N) is 1. The quantitative estimate of drug-likeness (QED) is 0.226. The zero-order chi connectivity index (χ0) is 29.1. The highest BCUT2D eigenvalue weighted by Gasteiger charge is 2.25. The van der Waals surface area contributed by atoms with Gasteiger partial charge in [-0.15, -0.1) is 0 Å². The number of benzene rings is 3. The summed E-state index contributed by atoms with van der Waals surface area (Å²) in [5.74, 6) is -3.80. The van der Waals surface area contributed by atoms with E-state index in [2.05, 4.69) is 10.3 Å². The van der Waals surface area contributed by atoms with Gasteiger partial charge in [0.25, 0.3) is 5.91 Å². The van der Waals surface area contributed by atoms with Crippen LogP contribution < -0.4 is 5.32 Å². The van der Waals surface area contributed by atoms with Crippen LogP contribution >= 0.6 is 0 Å². The predicted octanol–water partition coefficient (Wildman–Crippen LogP) is 6.98. The summed E-state index contributed by atoms with van der Waals surface area (Å²) in [6.07, 6.45) is 4.11. The molecule has 0 radical (unpaired) electrons. The number of carbonyl (C=O) groups is 2. The lowest BCUT2D eigenvalue weighted by Gasteiger charge is -2.20. The third-order valence-electron chi connectivity index (χ3n) is 7.18. The molecule has 1 N–H and O–H groups in total. The summed E-state index contributed by atoms with van der Waals surface area (Å²) >= 11 is 0. The van der Waals surface area contributed by atoms with Crippen molar-refractivity contribution >= 4 is 17.3 Å². The Hall–Kier alpha value is -4.59. The monoisotopic (exact) mass is 558 g/mol. The van der Waals surface area contributed by atoms with Gasteiger partial charge in [-0.3, -0.25) is 14.6 Å². The highest BCUT2D eigenvalue weighted by molar-refractivity contribution is 5.95. The molecule has 1 atom stereocenters. The van der Waals surface area contributed by atoms with Gasteiger partial charge in [0.2, 0.25) is 0 Å². The number of pyridine rings is 1. The van der Waals surface area contributed by atoms with Crippen LogP contribution in [0.2, 0.25) is 0 Å². The fourth-order valence-electron chi connectivity index (χ4n) is 5.38. The Balaban J connectivity index is 1.51. The van der Waals surface area contributed by atoms with E-state index in [0.717, 1.165) is 23.3 Å². The standard InChI is InChI=1S/C33H26F4N2O2/c1-38-33(41)24-12-22(13-28(37)14-24)30-3-2-8-39-32(30)23(9-19-10-26(35)17-27(36)11-19)16-29(40)15-21-5-4-20-6-7-25(34)18-31(20)21/h2-3,5-8,10-14,17-18,23H,4,9,15-16H2,1H3,(H,38,41)/t23-/m1/s1. The van der Waals surface area contributed by atoms with E-state index < -0.39 is 29.3 Å². The Morgan fingerprint density at radius 3 is 2.39 bits per heavy atom. The van der Waals surface area contributed by atoms with Crippen molar-refractivity contribution in [1.82, 2.24) is 10.3 Å². The maximum Gasteiger partial charge on any atom is 0.251 e. The smallest absolute Gasteiger partial charge is 0.251 e. The molecule has 208 valence electrons. The maximum absolute atomic E-state index is 14.6. The number of rotatable bonds is 9. The highest BCUT2D eigenvalue weighted by Crippen LogP contribution is 2.36. The number of ketones is 1. The lowest BCUT2D eigenvalue weighted by molar-refractivity contribution is -0.118. The fraction of sp³-hybridized carbons (Fsp3) is 0.182. The van der Waals surface area contributed by atoms with Crippen molar-refractivity contribution in [2.75, 3.05) is 7.05 Å². The Kier molecular flexibility index (Phi) is 8.10. The predicted molar refractivity (Wildman–Crippen MR) is 148 cm³/mol. The van der Waals surface area contributed by atoms with Crippen LogP contribution in [0.25, 0.3) is 16.7 Å². The third kappa shape index (κ3) is 6.43. The molecule has 0 aliphatic heterocycles. The van der Waals surface area contributed by atoms with Gasteiger partial charge in [-0.05, 0) is 89.2 Å². The first-order valence-electron chi connectivity index (χ1n) is 13.1. The van der Waals surface area contributed by atoms with E-state index in [1.54, 1.807) is 18.2 Å². The number of halogens is 4. The topological polar surface area (TPSA) is 59.1 Å². The molecule has 1 aliphatic rings. The number of nitrogens with zero attached hydrogens (tertiary/aromatic N) is 1. The molecular formula is C33H26F4N2O2. The zero-order valence-electron chi connectivity index (χ0n) is 22.2. The molecule has 0 saturated carbocycles. The zero-order valence-corrected chi connectivity index (χ0v) is 22.2. The van der Waals surface area contributed by atoms with Gasteiger partial charge in [0.05, 0.1) is 5.69 Å². The number of hydrogen-bond donors (Lipinski definition) is 1. The molecular weight excluding hydrogens is 532 g/mol. The number of carbonyl (C=O) groups excluding carboxylic acids is 2. The van der Waals surface area contributed by atoms with Gasteiger partial charge in [-0.1, -0.05) is 18.2 Å². The summed E-state index contributed by atoms with van der Waals surface area (Å²) in [6, 6.07) is 14.9. The number of hydrogen-bond acceptors (Lipinski definition) is 3. The first-order chi connectivity index (χ1) is 19.7. The highest BCUT2D eigenvalue weighted by atomic mass is 19.1. The molecule has 4 aromatic rings. The average molecular weight is 559 g/mol. The van der Waals surface area contributed by atoms with E-state index >= 15 is 0 Å². The number of fused-ring (bicyclic) bond motifs is 1. The minimum atomic E-state index is -0.749. The Bertz CT molecular complexity index is 1660. The second-order valence-electron chi connectivity index (χ2n) is 10.1. The van der Waals surface area contributed by atoms with Crippen molar-refractivity contribution in [3.05, 3.63) is 130 Å². The van der Waals surface area contributed by atoms with Gasteiger partial charge in [-0.2, -0.15) is 0 Å². The third-order valence-corrected chi connectivity index (χ3v) is 7.18. The number of allylic oxidation sites excluding steroid dienone is 2. The molecule has 8 heteroatoms. The van der Waals surface area contributed by atoms with E-state index in [-0.39, 0.29) is 36.4 Å². The lowest BCUT2D eigenvalue weighted by Crippen LogP contribution is -2.18. The second kappa shape index (κ2) is 11.9. The fourth-order valence-corrected chi connectivity index (χ4v) is 5.38. The van der Waals surface area contributed by atoms with E-state index in [1.165, 1.54) is 49.6 Å². The van der Waals surface area contributed by atoms with Crippen molar-refractivity contribution < 1.29 is 27.2 Å². The van der Waals surface area contributed by atoms with Gasteiger partial charge in [0.1, 0.15) is 29.1 Å². The van der Waals surface area contributed by atoms with Crippen LogP contribution in [0.5, 0.6) is 0 Å². The average Bonchev–Trinajstić information content (AvgIpc) is 3.32. The number of Topliss-reactive ketones (excluding diaryl/α,β-unsaturated/α-hetero) is 1. The minimum absolute atomic E-state index is 0.0399. The summed E-state index contributed by atoms with van der Waals surface area (Å²) in [6.45, 7) is 0.